The molecule has 0 unspecified atom stereocenters. The van der Waals surface area contributed by atoms with Gasteiger partial charge in [0.25, 0.3) is 5.91 Å². The highest BCUT2D eigenvalue weighted by molar-refractivity contribution is 6.03. The molecule has 0 bridgehead atoms. The van der Waals surface area contributed by atoms with Gasteiger partial charge in [-0.1, -0.05) is 41.1 Å². The molecule has 0 atom stereocenters. The summed E-state index contributed by atoms with van der Waals surface area (Å²) in [5, 5.41) is 10.8. The molecule has 8 heteroatoms. The highest BCUT2D eigenvalue weighted by atomic mass is 19.1. The number of hydrogen-bond donors (Lipinski definition) is 1. The molecule has 2 aromatic carbocycles. The summed E-state index contributed by atoms with van der Waals surface area (Å²) in [5.41, 5.74) is 3.84. The van der Waals surface area contributed by atoms with Crippen LogP contribution in [-0.2, 0) is 13.2 Å². The van der Waals surface area contributed by atoms with Gasteiger partial charge in [-0.25, -0.2) is 4.39 Å². The first-order valence-corrected chi connectivity index (χ1v) is 10.1. The molecule has 4 aromatic rings. The molecule has 0 saturated heterocycles. The van der Waals surface area contributed by atoms with Gasteiger partial charge in [0.1, 0.15) is 23.9 Å². The van der Waals surface area contributed by atoms with Crippen LogP contribution in [0, 0.1) is 26.6 Å². The number of aryl methyl sites for hydroxylation is 3. The van der Waals surface area contributed by atoms with E-state index >= 15 is 0 Å². The van der Waals surface area contributed by atoms with Crippen molar-refractivity contribution in [1.29, 1.82) is 0 Å². The molecule has 1 N–H and O–H groups in total. The number of ether oxygens (including phenoxy) is 1. The Balaban J connectivity index is 1.44. The fraction of sp³-hybridized carbons (Fsp3) is 0.208. The number of halogens is 1. The number of nitrogens with one attached hydrogen (secondary N) is 1. The smallest absolute Gasteiger partial charge is 0.278 e. The number of rotatable bonds is 7. The summed E-state index contributed by atoms with van der Waals surface area (Å²) in [6.07, 6.45) is 3.13. The second-order valence-electron chi connectivity index (χ2n) is 7.60. The zero-order valence-electron chi connectivity index (χ0n) is 18.1. The number of benzene rings is 2. The second kappa shape index (κ2) is 9.05. The maximum atomic E-state index is 13.9. The largest absolute Gasteiger partial charge is 0.488 e. The van der Waals surface area contributed by atoms with E-state index in [4.69, 9.17) is 9.26 Å². The Kier molecular flexibility index (Phi) is 6.02. The molecule has 0 aliphatic carbocycles. The fourth-order valence-corrected chi connectivity index (χ4v) is 3.36. The number of carbonyl (C=O) groups is 1. The molecule has 0 spiro atoms. The topological polar surface area (TPSA) is 82.2 Å². The molecule has 1 amide bonds. The monoisotopic (exact) mass is 434 g/mol. The maximum absolute atomic E-state index is 13.9. The number of hydrogen-bond acceptors (Lipinski definition) is 5. The molecule has 0 saturated carbocycles. The Morgan fingerprint density at radius 1 is 1.19 bits per heavy atom. The van der Waals surface area contributed by atoms with Gasteiger partial charge >= 0.3 is 0 Å². The molecular weight excluding hydrogens is 411 g/mol. The molecule has 2 heterocycles. The normalized spacial score (nSPS) is 10.9. The zero-order valence-corrected chi connectivity index (χ0v) is 18.1. The van der Waals surface area contributed by atoms with Gasteiger partial charge in [0.05, 0.1) is 24.0 Å². The minimum atomic E-state index is -0.438. The van der Waals surface area contributed by atoms with E-state index < -0.39 is 5.91 Å². The number of carbonyl (C=O) groups excluding carboxylic acids is 1. The lowest BCUT2D eigenvalue weighted by Gasteiger charge is -2.10. The third kappa shape index (κ3) is 4.69. The van der Waals surface area contributed by atoms with Crippen LogP contribution in [0.25, 0.3) is 0 Å². The lowest BCUT2D eigenvalue weighted by Crippen LogP contribution is -2.15. The van der Waals surface area contributed by atoms with E-state index in [0.29, 0.717) is 22.6 Å². The van der Waals surface area contributed by atoms with Crippen LogP contribution in [0.15, 0.2) is 59.4 Å². The molecule has 164 valence electrons. The maximum Gasteiger partial charge on any atom is 0.278 e. The van der Waals surface area contributed by atoms with Gasteiger partial charge in [0.2, 0.25) is 0 Å². The van der Waals surface area contributed by atoms with Gasteiger partial charge < -0.3 is 14.6 Å². The minimum Gasteiger partial charge on any atom is -0.488 e. The van der Waals surface area contributed by atoms with Crippen LogP contribution in [-0.4, -0.2) is 20.8 Å². The van der Waals surface area contributed by atoms with Crippen molar-refractivity contribution in [3.63, 3.8) is 0 Å². The van der Waals surface area contributed by atoms with Crippen molar-refractivity contribution >= 4 is 11.6 Å². The molecule has 2 aromatic heterocycles. The minimum absolute atomic E-state index is 0.147. The molecule has 32 heavy (non-hydrogen) atoms. The average Bonchev–Trinajstić information content (AvgIpc) is 3.35. The van der Waals surface area contributed by atoms with E-state index in [2.05, 4.69) is 15.6 Å². The van der Waals surface area contributed by atoms with Crippen LogP contribution < -0.4 is 10.1 Å². The third-order valence-corrected chi connectivity index (χ3v) is 5.08. The van der Waals surface area contributed by atoms with Crippen LogP contribution in [0.5, 0.6) is 5.75 Å². The van der Waals surface area contributed by atoms with Gasteiger partial charge in [-0.05, 0) is 38.5 Å². The highest BCUT2D eigenvalue weighted by Crippen LogP contribution is 2.23. The summed E-state index contributed by atoms with van der Waals surface area (Å²) in [6.45, 7) is 6.11. The van der Waals surface area contributed by atoms with Crippen molar-refractivity contribution in [3.05, 3.63) is 94.4 Å². The summed E-state index contributed by atoms with van der Waals surface area (Å²) in [6, 6.07) is 12.4. The average molecular weight is 434 g/mol. The molecular formula is C24H23FN4O3. The van der Waals surface area contributed by atoms with Gasteiger partial charge in [-0.2, -0.15) is 5.10 Å². The fourth-order valence-electron chi connectivity index (χ4n) is 3.36. The van der Waals surface area contributed by atoms with Crippen molar-refractivity contribution in [3.8, 4) is 5.75 Å². The van der Waals surface area contributed by atoms with E-state index in [0.717, 1.165) is 16.9 Å². The summed E-state index contributed by atoms with van der Waals surface area (Å²) in [5.74, 6) is 0.499. The predicted molar refractivity (Wildman–Crippen MR) is 117 cm³/mol. The Labute approximate surface area is 184 Å². The summed E-state index contributed by atoms with van der Waals surface area (Å²) in [4.78, 5) is 12.8. The van der Waals surface area contributed by atoms with Gasteiger partial charge in [-0.3, -0.25) is 9.48 Å². The van der Waals surface area contributed by atoms with Gasteiger partial charge in [-0.15, -0.1) is 0 Å². The Morgan fingerprint density at radius 3 is 2.78 bits per heavy atom. The van der Waals surface area contributed by atoms with Crippen LogP contribution in [0.2, 0.25) is 0 Å². The second-order valence-corrected chi connectivity index (χ2v) is 7.60. The molecule has 0 fully saturated rings. The van der Waals surface area contributed by atoms with Crippen LogP contribution in [0.3, 0.4) is 0 Å². The van der Waals surface area contributed by atoms with E-state index in [1.165, 1.54) is 12.3 Å². The Hall–Kier alpha value is -3.94. The van der Waals surface area contributed by atoms with Crippen molar-refractivity contribution in [1.82, 2.24) is 14.9 Å². The number of aromatic nitrogens is 3. The predicted octanol–water partition coefficient (Wildman–Crippen LogP) is 4.82. The van der Waals surface area contributed by atoms with Crippen molar-refractivity contribution in [2.75, 3.05) is 5.32 Å². The van der Waals surface area contributed by atoms with Crippen molar-refractivity contribution in [2.24, 2.45) is 0 Å². The van der Waals surface area contributed by atoms with E-state index in [1.54, 1.807) is 36.0 Å². The lowest BCUT2D eigenvalue weighted by molar-refractivity contribution is 0.101. The number of amides is 1. The summed E-state index contributed by atoms with van der Waals surface area (Å²) < 4.78 is 26.6. The number of nitrogens with zero attached hydrogens (tertiary/aromatic N) is 3. The van der Waals surface area contributed by atoms with E-state index in [1.807, 2.05) is 32.0 Å². The molecule has 0 aliphatic rings. The SMILES string of the molecule is Cc1ccc(OCc2c(C(=O)Nc3cnn(Cc4ccccc4F)c3)noc2C)c(C)c1. The summed E-state index contributed by atoms with van der Waals surface area (Å²) in [7, 11) is 0. The first-order chi connectivity index (χ1) is 15.4. The van der Waals surface area contributed by atoms with Crippen molar-refractivity contribution in [2.45, 2.75) is 33.9 Å². The Bertz CT molecular complexity index is 1260. The zero-order chi connectivity index (χ0) is 22.7. The van der Waals surface area contributed by atoms with Crippen LogP contribution in [0.1, 0.15) is 38.5 Å². The lowest BCUT2D eigenvalue weighted by atomic mass is 10.1. The molecule has 7 nitrogen and oxygen atoms in total. The summed E-state index contributed by atoms with van der Waals surface area (Å²) >= 11 is 0. The quantitative estimate of drug-likeness (QED) is 0.451. The van der Waals surface area contributed by atoms with Crippen LogP contribution in [0.4, 0.5) is 10.1 Å². The van der Waals surface area contributed by atoms with E-state index in [9.17, 15) is 9.18 Å². The standard InChI is InChI=1S/C24H23FN4O3/c1-15-8-9-22(16(2)10-15)31-14-20-17(3)32-28-23(20)24(30)27-19-11-26-29(13-19)12-18-6-4-5-7-21(18)25/h4-11,13H,12,14H2,1-3H3,(H,27,30). The molecule has 0 radical (unpaired) electrons. The highest BCUT2D eigenvalue weighted by Gasteiger charge is 2.21. The first-order valence-electron chi connectivity index (χ1n) is 10.1. The molecule has 0 aliphatic heterocycles. The van der Waals surface area contributed by atoms with Crippen molar-refractivity contribution < 1.29 is 18.4 Å². The van der Waals surface area contributed by atoms with Gasteiger partial charge in [0.15, 0.2) is 5.69 Å². The van der Waals surface area contributed by atoms with Gasteiger partial charge in [0, 0.05) is 11.8 Å². The first kappa shape index (κ1) is 21.3. The van der Waals surface area contributed by atoms with E-state index in [-0.39, 0.29) is 24.7 Å². The van der Waals surface area contributed by atoms with Crippen LogP contribution >= 0.6 is 0 Å². The Morgan fingerprint density at radius 2 is 2.00 bits per heavy atom. The third-order valence-electron chi connectivity index (χ3n) is 5.08. The number of anilines is 1. The molecule has 4 rings (SSSR count).